The smallest absolute Gasteiger partial charge is 0.464 e. The van der Waals surface area contributed by atoms with Crippen molar-refractivity contribution >= 4 is 14.4 Å². The Hall–Kier alpha value is -0.433. The minimum atomic E-state index is -4.64. The van der Waals surface area contributed by atoms with Crippen LogP contribution in [0.1, 0.15) is 6.92 Å². The van der Waals surface area contributed by atoms with E-state index in [0.29, 0.717) is 0 Å². The van der Waals surface area contributed by atoms with E-state index in [2.05, 4.69) is 4.74 Å². The molecule has 0 saturated heterocycles. The Morgan fingerprint density at radius 3 is 2.11 bits per heavy atom. The van der Waals surface area contributed by atoms with Gasteiger partial charge in [-0.1, -0.05) is 0 Å². The van der Waals surface area contributed by atoms with E-state index in [1.54, 1.807) is 0 Å². The van der Waals surface area contributed by atoms with Crippen molar-refractivity contribution < 1.29 is 23.9 Å². The first-order valence-corrected chi connectivity index (χ1v) is 4.17. The number of ether oxygens (including phenoxy) is 1. The Bertz CT molecular complexity index is 105. The van der Waals surface area contributed by atoms with Gasteiger partial charge in [0.2, 0.25) is 0 Å². The van der Waals surface area contributed by atoms with E-state index in [-0.39, 0.29) is 6.61 Å². The summed E-state index contributed by atoms with van der Waals surface area (Å²) in [7, 11) is -4.64. The summed E-state index contributed by atoms with van der Waals surface area (Å²) in [4.78, 5) is 34.7. The van der Waals surface area contributed by atoms with Gasteiger partial charge in [-0.2, -0.15) is 0 Å². The Morgan fingerprint density at radius 2 is 2.00 bits per heavy atom. The fraction of sp³-hybridized carbons (Fsp3) is 0.667. The summed E-state index contributed by atoms with van der Waals surface area (Å²) < 4.78 is 4.08. The van der Waals surface area contributed by atoms with Gasteiger partial charge in [0.1, 0.15) is 0 Å². The highest BCUT2D eigenvalue weighted by atomic mass is 28.4. The molecule has 0 atom stereocenters. The zero-order valence-corrected chi connectivity index (χ0v) is 5.87. The molecule has 3 N–H and O–H groups in total. The van der Waals surface area contributed by atoms with Crippen LogP contribution in [0.2, 0.25) is 0 Å². The van der Waals surface area contributed by atoms with Crippen molar-refractivity contribution in [1.29, 1.82) is 0 Å². The quantitative estimate of drug-likeness (QED) is 0.425. The van der Waals surface area contributed by atoms with Crippen molar-refractivity contribution in [3.8, 4) is 0 Å². The van der Waals surface area contributed by atoms with Crippen LogP contribution in [-0.2, 0) is 4.74 Å². The maximum Gasteiger partial charge on any atom is 0.613 e. The van der Waals surface area contributed by atoms with E-state index in [1.807, 2.05) is 0 Å². The molecule has 0 amide bonds. The highest BCUT2D eigenvalue weighted by molar-refractivity contribution is 6.87. The lowest BCUT2D eigenvalue weighted by atomic mass is 10.9. The molecule has 0 rings (SSSR count). The molecule has 0 unspecified atom stereocenters. The fourth-order valence-electron chi connectivity index (χ4n) is 0.228. The zero-order chi connectivity index (χ0) is 7.49. The van der Waals surface area contributed by atoms with Gasteiger partial charge in [-0.3, -0.25) is 0 Å². The first-order valence-electron chi connectivity index (χ1n) is 2.32. The molecule has 0 aromatic rings. The van der Waals surface area contributed by atoms with Crippen molar-refractivity contribution in [2.45, 2.75) is 6.92 Å². The molecule has 5 nitrogen and oxygen atoms in total. The maximum absolute atomic E-state index is 10.2. The second-order valence-corrected chi connectivity index (χ2v) is 3.03. The molecule has 0 aromatic heterocycles. The summed E-state index contributed by atoms with van der Waals surface area (Å²) in [6.45, 7) is 1.52. The second-order valence-electron chi connectivity index (χ2n) is 1.36. The SMILES string of the molecule is CCOC(=O)[Si](O)(O)O. The lowest BCUT2D eigenvalue weighted by Crippen LogP contribution is -2.45. The topological polar surface area (TPSA) is 87.0 Å². The first-order chi connectivity index (χ1) is 3.98. The lowest BCUT2D eigenvalue weighted by molar-refractivity contribution is 0.140. The van der Waals surface area contributed by atoms with E-state index in [0.717, 1.165) is 0 Å². The third-order valence-corrected chi connectivity index (χ3v) is 1.24. The second kappa shape index (κ2) is 2.92. The molecule has 0 bridgehead atoms. The van der Waals surface area contributed by atoms with Gasteiger partial charge in [-0.05, 0) is 6.92 Å². The van der Waals surface area contributed by atoms with Crippen LogP contribution in [-0.4, -0.2) is 35.4 Å². The molecule has 54 valence electrons. The molecule has 0 saturated carbocycles. The van der Waals surface area contributed by atoms with Crippen LogP contribution in [0, 0.1) is 0 Å². The van der Waals surface area contributed by atoms with E-state index in [1.165, 1.54) is 6.92 Å². The molecule has 0 radical (unpaired) electrons. The first kappa shape index (κ1) is 8.57. The normalized spacial score (nSPS) is 11.1. The number of carbonyl (C=O) groups is 1. The van der Waals surface area contributed by atoms with Gasteiger partial charge in [0.05, 0.1) is 6.61 Å². The van der Waals surface area contributed by atoms with Crippen LogP contribution in [0.25, 0.3) is 0 Å². The molecule has 0 aliphatic heterocycles. The highest BCUT2D eigenvalue weighted by Gasteiger charge is 2.40. The Balaban J connectivity index is 3.74. The van der Waals surface area contributed by atoms with Crippen LogP contribution in [0.15, 0.2) is 0 Å². The van der Waals surface area contributed by atoms with Crippen LogP contribution >= 0.6 is 0 Å². The van der Waals surface area contributed by atoms with Gasteiger partial charge in [-0.15, -0.1) is 0 Å². The summed E-state index contributed by atoms with van der Waals surface area (Å²) in [6.07, 6.45) is 0. The van der Waals surface area contributed by atoms with Gasteiger partial charge in [-0.25, -0.2) is 4.79 Å². The predicted octanol–water partition coefficient (Wildman–Crippen LogP) is -1.36. The molecule has 0 spiro atoms. The predicted molar refractivity (Wildman–Crippen MR) is 29.4 cm³/mol. The summed E-state index contributed by atoms with van der Waals surface area (Å²) in [5.74, 6) is 0. The molecule has 0 aromatic carbocycles. The number of carbonyl (C=O) groups excluding carboxylic acids is 1. The van der Waals surface area contributed by atoms with Gasteiger partial charge in [0.25, 0.3) is 0 Å². The summed E-state index contributed by atoms with van der Waals surface area (Å²) >= 11 is 0. The van der Waals surface area contributed by atoms with Crippen LogP contribution in [0.5, 0.6) is 0 Å². The number of rotatable bonds is 2. The van der Waals surface area contributed by atoms with Gasteiger partial charge in [0.15, 0.2) is 0 Å². The van der Waals surface area contributed by atoms with Crippen LogP contribution in [0.4, 0.5) is 4.79 Å². The average Bonchev–Trinajstić information content (AvgIpc) is 1.64. The molecule has 0 aliphatic carbocycles. The van der Waals surface area contributed by atoms with E-state index in [4.69, 9.17) is 14.4 Å². The third kappa shape index (κ3) is 3.20. The van der Waals surface area contributed by atoms with Crippen LogP contribution in [0.3, 0.4) is 0 Å². The monoisotopic (exact) mass is 152 g/mol. The Morgan fingerprint density at radius 1 is 1.56 bits per heavy atom. The van der Waals surface area contributed by atoms with Gasteiger partial charge < -0.3 is 19.1 Å². The van der Waals surface area contributed by atoms with Gasteiger partial charge >= 0.3 is 14.4 Å². The van der Waals surface area contributed by atoms with Crippen molar-refractivity contribution in [2.24, 2.45) is 0 Å². The summed E-state index contributed by atoms with van der Waals surface area (Å²) in [5, 5.41) is 0. The summed E-state index contributed by atoms with van der Waals surface area (Å²) in [5.41, 5.74) is -1.33. The molecule has 6 heteroatoms. The molecule has 0 heterocycles. The van der Waals surface area contributed by atoms with Crippen molar-refractivity contribution in [3.05, 3.63) is 0 Å². The molecule has 9 heavy (non-hydrogen) atoms. The maximum atomic E-state index is 10.2. The minimum absolute atomic E-state index is 0.0231. The number of hydrogen-bond acceptors (Lipinski definition) is 5. The zero-order valence-electron chi connectivity index (χ0n) is 4.87. The van der Waals surface area contributed by atoms with Crippen molar-refractivity contribution in [1.82, 2.24) is 0 Å². The molecular weight excluding hydrogens is 144 g/mol. The standard InChI is InChI=1S/C3H8O5Si/c1-2-8-3(4)9(5,6)7/h5-7H,2H2,1H3. The van der Waals surface area contributed by atoms with E-state index in [9.17, 15) is 4.79 Å². The van der Waals surface area contributed by atoms with Crippen molar-refractivity contribution in [2.75, 3.05) is 6.61 Å². The Labute approximate surface area is 52.9 Å². The van der Waals surface area contributed by atoms with Crippen LogP contribution < -0.4 is 0 Å². The summed E-state index contributed by atoms with van der Waals surface area (Å²) in [6, 6.07) is 0. The van der Waals surface area contributed by atoms with E-state index < -0.39 is 14.4 Å². The largest absolute Gasteiger partial charge is 0.613 e. The average molecular weight is 152 g/mol. The number of hydrogen-bond donors (Lipinski definition) is 3. The fourth-order valence-corrected chi connectivity index (χ4v) is 0.566. The lowest BCUT2D eigenvalue weighted by Gasteiger charge is -2.06. The van der Waals surface area contributed by atoms with Gasteiger partial charge in [0, 0.05) is 0 Å². The molecule has 0 aliphatic rings. The minimum Gasteiger partial charge on any atom is -0.464 e. The molecule has 0 fully saturated rings. The Kier molecular flexibility index (Phi) is 2.78. The van der Waals surface area contributed by atoms with Crippen molar-refractivity contribution in [3.63, 3.8) is 0 Å². The van der Waals surface area contributed by atoms with E-state index >= 15 is 0 Å². The molecular formula is C3H8O5Si. The third-order valence-electron chi connectivity index (χ3n) is 0.549. The highest BCUT2D eigenvalue weighted by Crippen LogP contribution is 1.91.